The number of fused-ring (bicyclic) bond motifs is 3. The maximum absolute atomic E-state index is 12.6. The van der Waals surface area contributed by atoms with Crippen molar-refractivity contribution < 1.29 is 0 Å². The number of imidazole rings is 2. The molecule has 0 amide bonds. The molecular weight excluding hydrogens is 390 g/mol. The van der Waals surface area contributed by atoms with Crippen molar-refractivity contribution in [2.75, 3.05) is 0 Å². The SMILES string of the molecule is CCCCc1ccc(-n2c(-c3ccccc3)cn3c4c(=O)[nH]c(=O)n(C)c4nc23)cc1. The van der Waals surface area contributed by atoms with Crippen LogP contribution in [0.1, 0.15) is 25.3 Å². The molecule has 1 N–H and O–H groups in total. The number of benzene rings is 2. The Bertz CT molecular complexity index is 1500. The van der Waals surface area contributed by atoms with Gasteiger partial charge in [0.25, 0.3) is 5.56 Å². The standard InChI is InChI=1S/C24H23N5O2/c1-3-4-8-16-11-13-18(14-12-16)29-19(17-9-6-5-7-10-17)15-28-20-21(25-23(28)29)27(2)24(31)26-22(20)30/h5-7,9-15H,3-4,8H2,1-2H3,(H,26,30,31). The zero-order valence-electron chi connectivity index (χ0n) is 17.5. The Morgan fingerprint density at radius 3 is 2.45 bits per heavy atom. The van der Waals surface area contributed by atoms with E-state index in [2.05, 4.69) is 36.2 Å². The number of nitrogens with zero attached hydrogens (tertiary/aromatic N) is 4. The van der Waals surface area contributed by atoms with Crippen molar-refractivity contribution in [2.24, 2.45) is 7.05 Å². The Morgan fingerprint density at radius 1 is 1.00 bits per heavy atom. The fourth-order valence-electron chi connectivity index (χ4n) is 4.02. The highest BCUT2D eigenvalue weighted by Gasteiger charge is 2.20. The Hall–Kier alpha value is -3.87. The first-order valence-electron chi connectivity index (χ1n) is 10.5. The van der Waals surface area contributed by atoms with Gasteiger partial charge in [-0.1, -0.05) is 55.8 Å². The molecule has 0 saturated carbocycles. The molecular formula is C24H23N5O2. The van der Waals surface area contributed by atoms with Crippen LogP contribution in [-0.4, -0.2) is 23.5 Å². The topological polar surface area (TPSA) is 77.1 Å². The highest BCUT2D eigenvalue weighted by atomic mass is 16.2. The molecule has 0 spiro atoms. The minimum atomic E-state index is -0.478. The number of H-pyrrole nitrogens is 1. The Balaban J connectivity index is 1.81. The summed E-state index contributed by atoms with van der Waals surface area (Å²) in [4.78, 5) is 31.8. The van der Waals surface area contributed by atoms with Gasteiger partial charge >= 0.3 is 5.69 Å². The summed E-state index contributed by atoms with van der Waals surface area (Å²) < 4.78 is 5.16. The average Bonchev–Trinajstić information content (AvgIpc) is 3.34. The summed E-state index contributed by atoms with van der Waals surface area (Å²) in [6.07, 6.45) is 5.27. The molecule has 2 aromatic carbocycles. The minimum absolute atomic E-state index is 0.354. The third kappa shape index (κ3) is 3.09. The number of aromatic amines is 1. The van der Waals surface area contributed by atoms with Crippen molar-refractivity contribution in [3.8, 4) is 16.9 Å². The van der Waals surface area contributed by atoms with Crippen LogP contribution in [0.3, 0.4) is 0 Å². The van der Waals surface area contributed by atoms with Crippen LogP contribution < -0.4 is 11.2 Å². The first-order chi connectivity index (χ1) is 15.1. The molecule has 3 aromatic heterocycles. The van der Waals surface area contributed by atoms with Crippen LogP contribution >= 0.6 is 0 Å². The first-order valence-corrected chi connectivity index (χ1v) is 10.5. The van der Waals surface area contributed by atoms with Gasteiger partial charge in [-0.3, -0.25) is 23.3 Å². The van der Waals surface area contributed by atoms with Crippen LogP contribution in [0.4, 0.5) is 0 Å². The number of aromatic nitrogens is 5. The molecule has 0 aliphatic rings. The summed E-state index contributed by atoms with van der Waals surface area (Å²) in [5, 5.41) is 0. The van der Waals surface area contributed by atoms with Crippen molar-refractivity contribution >= 4 is 16.9 Å². The number of hydrogen-bond acceptors (Lipinski definition) is 3. The van der Waals surface area contributed by atoms with E-state index < -0.39 is 11.2 Å². The van der Waals surface area contributed by atoms with Crippen LogP contribution in [0.5, 0.6) is 0 Å². The lowest BCUT2D eigenvalue weighted by molar-refractivity contribution is 0.795. The van der Waals surface area contributed by atoms with Crippen molar-refractivity contribution in [1.82, 2.24) is 23.5 Å². The maximum Gasteiger partial charge on any atom is 0.329 e. The van der Waals surface area contributed by atoms with Gasteiger partial charge in [-0.05, 0) is 30.5 Å². The average molecular weight is 413 g/mol. The number of aryl methyl sites for hydroxylation is 2. The maximum atomic E-state index is 12.6. The van der Waals surface area contributed by atoms with Crippen LogP contribution in [-0.2, 0) is 13.5 Å². The molecule has 0 aliphatic heterocycles. The Kier molecular flexibility index (Phi) is 4.58. The van der Waals surface area contributed by atoms with Gasteiger partial charge in [0.1, 0.15) is 0 Å². The first kappa shape index (κ1) is 19.1. The van der Waals surface area contributed by atoms with E-state index in [9.17, 15) is 9.59 Å². The molecule has 5 rings (SSSR count). The normalized spacial score (nSPS) is 11.5. The van der Waals surface area contributed by atoms with Gasteiger partial charge in [0, 0.05) is 24.5 Å². The quantitative estimate of drug-likeness (QED) is 0.478. The van der Waals surface area contributed by atoms with E-state index >= 15 is 0 Å². The van der Waals surface area contributed by atoms with E-state index in [-0.39, 0.29) is 0 Å². The minimum Gasteiger partial charge on any atom is -0.279 e. The van der Waals surface area contributed by atoms with Crippen LogP contribution in [0.25, 0.3) is 33.9 Å². The van der Waals surface area contributed by atoms with E-state index in [1.807, 2.05) is 41.1 Å². The zero-order chi connectivity index (χ0) is 21.5. The van der Waals surface area contributed by atoms with Crippen LogP contribution in [0.15, 0.2) is 70.4 Å². The highest BCUT2D eigenvalue weighted by Crippen LogP contribution is 2.29. The number of nitrogens with one attached hydrogen (secondary N) is 1. The monoisotopic (exact) mass is 413 g/mol. The Morgan fingerprint density at radius 2 is 1.74 bits per heavy atom. The zero-order valence-corrected chi connectivity index (χ0v) is 17.5. The summed E-state index contributed by atoms with van der Waals surface area (Å²) in [6, 6.07) is 18.4. The second-order valence-corrected chi connectivity index (χ2v) is 7.76. The van der Waals surface area contributed by atoms with Crippen molar-refractivity contribution in [1.29, 1.82) is 0 Å². The predicted molar refractivity (Wildman–Crippen MR) is 122 cm³/mol. The van der Waals surface area contributed by atoms with Crippen molar-refractivity contribution in [3.05, 3.63) is 87.2 Å². The number of rotatable bonds is 5. The summed E-state index contributed by atoms with van der Waals surface area (Å²) in [6.45, 7) is 2.19. The third-order valence-electron chi connectivity index (χ3n) is 5.71. The summed E-state index contributed by atoms with van der Waals surface area (Å²) in [5.41, 5.74) is 3.96. The summed E-state index contributed by atoms with van der Waals surface area (Å²) in [5.74, 6) is 0.585. The van der Waals surface area contributed by atoms with Gasteiger partial charge in [0.2, 0.25) is 5.78 Å². The largest absolute Gasteiger partial charge is 0.329 e. The molecule has 0 fully saturated rings. The van der Waals surface area contributed by atoms with Gasteiger partial charge in [0.15, 0.2) is 11.2 Å². The lowest BCUT2D eigenvalue weighted by Gasteiger charge is -2.10. The molecule has 7 nitrogen and oxygen atoms in total. The van der Waals surface area contributed by atoms with E-state index in [1.54, 1.807) is 11.4 Å². The van der Waals surface area contributed by atoms with Crippen molar-refractivity contribution in [2.45, 2.75) is 26.2 Å². The van der Waals surface area contributed by atoms with Gasteiger partial charge in [-0.2, -0.15) is 4.98 Å². The third-order valence-corrected chi connectivity index (χ3v) is 5.71. The fourth-order valence-corrected chi connectivity index (χ4v) is 4.02. The second-order valence-electron chi connectivity index (χ2n) is 7.76. The predicted octanol–water partition coefficient (Wildman–Crippen LogP) is 3.67. The smallest absolute Gasteiger partial charge is 0.279 e. The van der Waals surface area contributed by atoms with Gasteiger partial charge in [-0.15, -0.1) is 0 Å². The molecule has 7 heteroatoms. The lowest BCUT2D eigenvalue weighted by atomic mass is 10.1. The number of hydrogen-bond donors (Lipinski definition) is 1. The number of unbranched alkanes of at least 4 members (excludes halogenated alkanes) is 1. The molecule has 5 aromatic rings. The summed E-state index contributed by atoms with van der Waals surface area (Å²) in [7, 11) is 1.61. The van der Waals surface area contributed by atoms with Gasteiger partial charge in [-0.25, -0.2) is 4.79 Å². The molecule has 31 heavy (non-hydrogen) atoms. The van der Waals surface area contributed by atoms with E-state index in [0.717, 1.165) is 36.2 Å². The fraction of sp³-hybridized carbons (Fsp3) is 0.208. The lowest BCUT2D eigenvalue weighted by Crippen LogP contribution is -2.28. The molecule has 3 heterocycles. The van der Waals surface area contributed by atoms with Crippen LogP contribution in [0, 0.1) is 0 Å². The molecule has 0 radical (unpaired) electrons. The molecule has 156 valence electrons. The molecule has 0 saturated heterocycles. The highest BCUT2D eigenvalue weighted by molar-refractivity contribution is 5.79. The van der Waals surface area contributed by atoms with E-state index in [1.165, 1.54) is 10.1 Å². The van der Waals surface area contributed by atoms with Crippen molar-refractivity contribution in [3.63, 3.8) is 0 Å². The van der Waals surface area contributed by atoms with E-state index in [4.69, 9.17) is 4.98 Å². The van der Waals surface area contributed by atoms with E-state index in [0.29, 0.717) is 16.9 Å². The van der Waals surface area contributed by atoms with Crippen LogP contribution in [0.2, 0.25) is 0 Å². The molecule has 0 aliphatic carbocycles. The Labute approximate surface area is 178 Å². The second kappa shape index (κ2) is 7.43. The molecule has 0 bridgehead atoms. The summed E-state index contributed by atoms with van der Waals surface area (Å²) >= 11 is 0. The molecule has 0 unspecified atom stereocenters. The molecule has 0 atom stereocenters. The van der Waals surface area contributed by atoms with Gasteiger partial charge < -0.3 is 0 Å². The van der Waals surface area contributed by atoms with Gasteiger partial charge in [0.05, 0.1) is 5.69 Å².